The zero-order chi connectivity index (χ0) is 16.9. The van der Waals surface area contributed by atoms with Crippen molar-refractivity contribution in [3.63, 3.8) is 0 Å². The number of aryl methyl sites for hydroxylation is 1. The molecule has 0 unspecified atom stereocenters. The highest BCUT2D eigenvalue weighted by molar-refractivity contribution is 5.69. The number of rotatable bonds is 5. The Morgan fingerprint density at radius 3 is 2.42 bits per heavy atom. The molecule has 122 valence electrons. The molecule has 5 nitrogen and oxygen atoms in total. The molecule has 1 N–H and O–H groups in total. The van der Waals surface area contributed by atoms with Crippen molar-refractivity contribution < 1.29 is 9.84 Å². The monoisotopic (exact) mass is 321 g/mol. The van der Waals surface area contributed by atoms with Gasteiger partial charge in [-0.05, 0) is 29.7 Å². The van der Waals surface area contributed by atoms with Crippen molar-refractivity contribution in [1.82, 2.24) is 15.0 Å². The molecule has 0 saturated carbocycles. The van der Waals surface area contributed by atoms with E-state index in [9.17, 15) is 0 Å². The van der Waals surface area contributed by atoms with Gasteiger partial charge in [0.1, 0.15) is 6.61 Å². The van der Waals surface area contributed by atoms with Crippen LogP contribution in [0.3, 0.4) is 0 Å². The maximum absolute atomic E-state index is 9.01. The van der Waals surface area contributed by atoms with Crippen LogP contribution in [-0.4, -0.2) is 27.2 Å². The van der Waals surface area contributed by atoms with Gasteiger partial charge in [-0.25, -0.2) is 15.0 Å². The number of hydrogen-bond acceptors (Lipinski definition) is 5. The maximum Gasteiger partial charge on any atom is 0.221 e. The average Bonchev–Trinajstić information content (AvgIpc) is 2.62. The van der Waals surface area contributed by atoms with Gasteiger partial charge in [0.15, 0.2) is 5.82 Å². The maximum atomic E-state index is 9.01. The van der Waals surface area contributed by atoms with Crippen molar-refractivity contribution in [2.45, 2.75) is 20.0 Å². The van der Waals surface area contributed by atoms with Crippen molar-refractivity contribution in [2.75, 3.05) is 7.11 Å². The third-order valence-electron chi connectivity index (χ3n) is 3.74. The lowest BCUT2D eigenvalue weighted by atomic mass is 10.0. The van der Waals surface area contributed by atoms with E-state index < -0.39 is 0 Å². The first-order chi connectivity index (χ1) is 11.7. The number of methoxy groups -OCH3 is 1. The van der Waals surface area contributed by atoms with Gasteiger partial charge in [0.2, 0.25) is 5.88 Å². The molecule has 0 fully saturated rings. The normalized spacial score (nSPS) is 10.6. The number of aromatic nitrogens is 3. The SMILES string of the molecule is COc1ncc(Cc2cnc(CO)nc2)cc1-c1cccc(C)c1. The predicted molar refractivity (Wildman–Crippen MR) is 91.7 cm³/mol. The molecule has 0 aliphatic carbocycles. The molecule has 2 aromatic heterocycles. The van der Waals surface area contributed by atoms with E-state index in [4.69, 9.17) is 9.84 Å². The fourth-order valence-electron chi connectivity index (χ4n) is 2.56. The van der Waals surface area contributed by atoms with E-state index in [0.717, 1.165) is 22.3 Å². The van der Waals surface area contributed by atoms with E-state index in [1.807, 2.05) is 6.07 Å². The number of aliphatic hydroxyl groups is 1. The summed E-state index contributed by atoms with van der Waals surface area (Å²) in [5.74, 6) is 1.03. The van der Waals surface area contributed by atoms with Crippen LogP contribution < -0.4 is 4.74 Å². The zero-order valence-corrected chi connectivity index (χ0v) is 13.7. The predicted octanol–water partition coefficient (Wildman–Crippen LogP) is 2.94. The molecular formula is C19H19N3O2. The van der Waals surface area contributed by atoms with Gasteiger partial charge in [-0.15, -0.1) is 0 Å². The largest absolute Gasteiger partial charge is 0.481 e. The molecule has 0 aliphatic heterocycles. The number of aliphatic hydroxyl groups excluding tert-OH is 1. The summed E-state index contributed by atoms with van der Waals surface area (Å²) in [6, 6.07) is 10.3. The summed E-state index contributed by atoms with van der Waals surface area (Å²) in [6.07, 6.45) is 5.93. The minimum Gasteiger partial charge on any atom is -0.481 e. The fourth-order valence-corrected chi connectivity index (χ4v) is 2.56. The average molecular weight is 321 g/mol. The van der Waals surface area contributed by atoms with Crippen molar-refractivity contribution in [3.8, 4) is 17.0 Å². The molecule has 0 atom stereocenters. The van der Waals surface area contributed by atoms with Crippen molar-refractivity contribution in [1.29, 1.82) is 0 Å². The smallest absolute Gasteiger partial charge is 0.221 e. The van der Waals surface area contributed by atoms with Crippen LogP contribution in [0.1, 0.15) is 22.5 Å². The fraction of sp³-hybridized carbons (Fsp3) is 0.211. The van der Waals surface area contributed by atoms with E-state index >= 15 is 0 Å². The van der Waals surface area contributed by atoms with Crippen LogP contribution in [0.25, 0.3) is 11.1 Å². The van der Waals surface area contributed by atoms with E-state index in [0.29, 0.717) is 18.1 Å². The summed E-state index contributed by atoms with van der Waals surface area (Å²) in [5.41, 5.74) is 5.25. The first-order valence-electron chi connectivity index (χ1n) is 7.70. The van der Waals surface area contributed by atoms with Gasteiger partial charge >= 0.3 is 0 Å². The molecule has 0 bridgehead atoms. The van der Waals surface area contributed by atoms with Crippen molar-refractivity contribution >= 4 is 0 Å². The van der Waals surface area contributed by atoms with Gasteiger partial charge in [0.05, 0.1) is 7.11 Å². The summed E-state index contributed by atoms with van der Waals surface area (Å²) in [7, 11) is 1.63. The van der Waals surface area contributed by atoms with Gasteiger partial charge in [0, 0.05) is 30.6 Å². The number of ether oxygens (including phenoxy) is 1. The highest BCUT2D eigenvalue weighted by Crippen LogP contribution is 2.29. The summed E-state index contributed by atoms with van der Waals surface area (Å²) < 4.78 is 5.41. The van der Waals surface area contributed by atoms with Crippen LogP contribution in [0.2, 0.25) is 0 Å². The van der Waals surface area contributed by atoms with Crippen LogP contribution in [-0.2, 0) is 13.0 Å². The van der Waals surface area contributed by atoms with E-state index in [2.05, 4.69) is 46.1 Å². The Bertz CT molecular complexity index is 832. The number of pyridine rings is 1. The molecule has 3 rings (SSSR count). The van der Waals surface area contributed by atoms with Gasteiger partial charge in [-0.1, -0.05) is 29.8 Å². The van der Waals surface area contributed by atoms with Crippen LogP contribution in [0.4, 0.5) is 0 Å². The van der Waals surface area contributed by atoms with Crippen LogP contribution in [0.15, 0.2) is 48.9 Å². The minimum absolute atomic E-state index is 0.151. The zero-order valence-electron chi connectivity index (χ0n) is 13.7. The minimum atomic E-state index is -0.151. The Kier molecular flexibility index (Phi) is 4.82. The standard InChI is InChI=1S/C19H19N3O2/c1-13-4-3-5-16(6-13)17-8-14(9-22-19(17)24-2)7-15-10-20-18(12-23)21-11-15/h3-6,8-11,23H,7,12H2,1-2H3. The van der Waals surface area contributed by atoms with E-state index in [-0.39, 0.29) is 6.61 Å². The lowest BCUT2D eigenvalue weighted by Crippen LogP contribution is -1.99. The number of hydrogen-bond donors (Lipinski definition) is 1. The molecule has 24 heavy (non-hydrogen) atoms. The Morgan fingerprint density at radius 2 is 1.75 bits per heavy atom. The highest BCUT2D eigenvalue weighted by atomic mass is 16.5. The van der Waals surface area contributed by atoms with Crippen LogP contribution in [0.5, 0.6) is 5.88 Å². The van der Waals surface area contributed by atoms with Crippen LogP contribution in [0, 0.1) is 6.92 Å². The number of benzene rings is 1. The summed E-state index contributed by atoms with van der Waals surface area (Å²) in [5, 5.41) is 9.01. The Hall–Kier alpha value is -2.79. The molecule has 1 aromatic carbocycles. The van der Waals surface area contributed by atoms with Crippen molar-refractivity contribution in [2.24, 2.45) is 0 Å². The van der Waals surface area contributed by atoms with Gasteiger partial charge < -0.3 is 9.84 Å². The molecule has 5 heteroatoms. The molecule has 0 amide bonds. The van der Waals surface area contributed by atoms with Crippen LogP contribution >= 0.6 is 0 Å². The molecular weight excluding hydrogens is 302 g/mol. The second kappa shape index (κ2) is 7.19. The molecule has 2 heterocycles. The summed E-state index contributed by atoms with van der Waals surface area (Å²) >= 11 is 0. The van der Waals surface area contributed by atoms with Gasteiger partial charge in [0.25, 0.3) is 0 Å². The molecule has 0 radical (unpaired) electrons. The molecule has 3 aromatic rings. The summed E-state index contributed by atoms with van der Waals surface area (Å²) in [4.78, 5) is 12.7. The lowest BCUT2D eigenvalue weighted by Gasteiger charge is -2.11. The van der Waals surface area contributed by atoms with Gasteiger partial charge in [-0.3, -0.25) is 0 Å². The molecule has 0 saturated heterocycles. The summed E-state index contributed by atoms with van der Waals surface area (Å²) in [6.45, 7) is 1.91. The second-order valence-electron chi connectivity index (χ2n) is 5.61. The first kappa shape index (κ1) is 16.1. The third-order valence-corrected chi connectivity index (χ3v) is 3.74. The van der Waals surface area contributed by atoms with Crippen molar-refractivity contribution in [3.05, 3.63) is 71.4 Å². The Balaban J connectivity index is 1.93. The Morgan fingerprint density at radius 1 is 1.00 bits per heavy atom. The first-order valence-corrected chi connectivity index (χ1v) is 7.70. The second-order valence-corrected chi connectivity index (χ2v) is 5.61. The third kappa shape index (κ3) is 3.58. The number of nitrogens with zero attached hydrogens (tertiary/aromatic N) is 3. The highest BCUT2D eigenvalue weighted by Gasteiger charge is 2.10. The van der Waals surface area contributed by atoms with E-state index in [1.165, 1.54) is 5.56 Å². The topological polar surface area (TPSA) is 68.1 Å². The quantitative estimate of drug-likeness (QED) is 0.782. The molecule has 0 aliphatic rings. The van der Waals surface area contributed by atoms with E-state index in [1.54, 1.807) is 25.7 Å². The van der Waals surface area contributed by atoms with Gasteiger partial charge in [-0.2, -0.15) is 0 Å². The molecule has 0 spiro atoms. The lowest BCUT2D eigenvalue weighted by molar-refractivity contribution is 0.271. The Labute approximate surface area is 141 Å².